The van der Waals surface area contributed by atoms with E-state index in [0.717, 1.165) is 12.3 Å². The molecule has 2 heterocycles. The number of carbonyl (C=O) groups excluding carboxylic acids is 2. The SMILES string of the molecule is CCOC(=O)C=C(NC(=O)NC(C)(C)C)N1CCN(c2ncc(C(F)(F)F)cc2Cl)CC1. The van der Waals surface area contributed by atoms with Crippen LogP contribution in [-0.2, 0) is 15.7 Å². The molecule has 1 aromatic rings. The molecule has 2 N–H and O–H groups in total. The lowest BCUT2D eigenvalue weighted by atomic mass is 10.1. The summed E-state index contributed by atoms with van der Waals surface area (Å²) in [5, 5.41) is 5.33. The molecule has 12 heteroatoms. The summed E-state index contributed by atoms with van der Waals surface area (Å²) in [5.41, 5.74) is -1.40. The minimum absolute atomic E-state index is 0.0988. The van der Waals surface area contributed by atoms with Crippen LogP contribution in [0.2, 0.25) is 5.02 Å². The van der Waals surface area contributed by atoms with Crippen LogP contribution in [-0.4, -0.2) is 60.2 Å². The zero-order valence-electron chi connectivity index (χ0n) is 18.3. The summed E-state index contributed by atoms with van der Waals surface area (Å²) in [4.78, 5) is 31.7. The molecule has 0 aliphatic carbocycles. The Morgan fingerprint density at radius 1 is 1.22 bits per heavy atom. The van der Waals surface area contributed by atoms with Crippen molar-refractivity contribution in [1.82, 2.24) is 20.5 Å². The van der Waals surface area contributed by atoms with E-state index in [1.54, 1.807) is 16.7 Å². The first-order chi connectivity index (χ1) is 14.8. The number of carbonyl (C=O) groups is 2. The molecule has 0 bridgehead atoms. The predicted octanol–water partition coefficient (Wildman–Crippen LogP) is 3.38. The Kier molecular flexibility index (Phi) is 8.22. The van der Waals surface area contributed by atoms with Crippen LogP contribution in [0.5, 0.6) is 0 Å². The highest BCUT2D eigenvalue weighted by Gasteiger charge is 2.32. The first-order valence-electron chi connectivity index (χ1n) is 10.0. The third-order valence-electron chi connectivity index (χ3n) is 4.34. The van der Waals surface area contributed by atoms with Crippen molar-refractivity contribution in [3.63, 3.8) is 0 Å². The van der Waals surface area contributed by atoms with Gasteiger partial charge in [-0.2, -0.15) is 13.2 Å². The number of halogens is 4. The summed E-state index contributed by atoms with van der Waals surface area (Å²) in [6.45, 7) is 8.76. The summed E-state index contributed by atoms with van der Waals surface area (Å²) >= 11 is 6.05. The number of ether oxygens (including phenoxy) is 1. The van der Waals surface area contributed by atoms with Gasteiger partial charge in [0.2, 0.25) is 0 Å². The molecule has 178 valence electrons. The summed E-state index contributed by atoms with van der Waals surface area (Å²) in [7, 11) is 0. The molecule has 0 atom stereocenters. The van der Waals surface area contributed by atoms with E-state index in [0.29, 0.717) is 26.2 Å². The molecule has 32 heavy (non-hydrogen) atoms. The number of rotatable bonds is 5. The first-order valence-corrected chi connectivity index (χ1v) is 10.4. The minimum Gasteiger partial charge on any atom is -0.463 e. The molecule has 1 fully saturated rings. The van der Waals surface area contributed by atoms with Crippen molar-refractivity contribution in [2.24, 2.45) is 0 Å². The maximum Gasteiger partial charge on any atom is 0.417 e. The molecule has 1 aliphatic heterocycles. The zero-order valence-corrected chi connectivity index (χ0v) is 19.1. The van der Waals surface area contributed by atoms with Crippen LogP contribution in [0.1, 0.15) is 33.3 Å². The van der Waals surface area contributed by atoms with E-state index in [1.807, 2.05) is 20.8 Å². The molecular formula is C20H27ClF3N5O3. The van der Waals surface area contributed by atoms with Crippen molar-refractivity contribution in [2.75, 3.05) is 37.7 Å². The van der Waals surface area contributed by atoms with Crippen LogP contribution in [0.3, 0.4) is 0 Å². The van der Waals surface area contributed by atoms with Crippen molar-refractivity contribution in [1.29, 1.82) is 0 Å². The number of anilines is 1. The van der Waals surface area contributed by atoms with Gasteiger partial charge in [0.1, 0.15) is 11.6 Å². The van der Waals surface area contributed by atoms with Crippen LogP contribution in [0.15, 0.2) is 24.2 Å². The number of hydrogen-bond donors (Lipinski definition) is 2. The Morgan fingerprint density at radius 3 is 2.34 bits per heavy atom. The highest BCUT2D eigenvalue weighted by molar-refractivity contribution is 6.33. The van der Waals surface area contributed by atoms with E-state index in [9.17, 15) is 22.8 Å². The highest BCUT2D eigenvalue weighted by Crippen LogP contribution is 2.33. The Bertz CT molecular complexity index is 863. The molecule has 0 aromatic carbocycles. The molecule has 0 unspecified atom stereocenters. The average molecular weight is 478 g/mol. The quantitative estimate of drug-likeness (QED) is 0.499. The monoisotopic (exact) mass is 477 g/mol. The van der Waals surface area contributed by atoms with Gasteiger partial charge in [-0.05, 0) is 33.8 Å². The van der Waals surface area contributed by atoms with Crippen molar-refractivity contribution in [3.8, 4) is 0 Å². The lowest BCUT2D eigenvalue weighted by molar-refractivity contribution is -0.138. The first kappa shape index (κ1) is 25.6. The van der Waals surface area contributed by atoms with Crippen LogP contribution in [0.25, 0.3) is 0 Å². The number of esters is 1. The van der Waals surface area contributed by atoms with Gasteiger partial charge < -0.3 is 19.9 Å². The molecular weight excluding hydrogens is 451 g/mol. The van der Waals surface area contributed by atoms with Gasteiger partial charge in [0.15, 0.2) is 0 Å². The molecule has 0 spiro atoms. The van der Waals surface area contributed by atoms with Gasteiger partial charge in [0, 0.05) is 37.9 Å². The third-order valence-corrected chi connectivity index (χ3v) is 4.62. The summed E-state index contributed by atoms with van der Waals surface area (Å²) < 4.78 is 43.5. The number of amides is 2. The number of hydrogen-bond acceptors (Lipinski definition) is 6. The topological polar surface area (TPSA) is 86.8 Å². The Hall–Kier alpha value is -2.69. The number of nitrogens with one attached hydrogen (secondary N) is 2. The van der Waals surface area contributed by atoms with Crippen molar-refractivity contribution >= 4 is 29.4 Å². The fourth-order valence-electron chi connectivity index (χ4n) is 2.97. The van der Waals surface area contributed by atoms with Gasteiger partial charge >= 0.3 is 18.2 Å². The molecule has 0 saturated carbocycles. The highest BCUT2D eigenvalue weighted by atomic mass is 35.5. The van der Waals surface area contributed by atoms with E-state index < -0.39 is 29.3 Å². The van der Waals surface area contributed by atoms with Crippen LogP contribution >= 0.6 is 11.6 Å². The van der Waals surface area contributed by atoms with Gasteiger partial charge in [0.25, 0.3) is 0 Å². The van der Waals surface area contributed by atoms with E-state index in [4.69, 9.17) is 16.3 Å². The molecule has 0 radical (unpaired) electrons. The average Bonchev–Trinajstić information content (AvgIpc) is 2.65. The normalized spacial score (nSPS) is 15.4. The van der Waals surface area contributed by atoms with Gasteiger partial charge in [0.05, 0.1) is 23.3 Å². The number of nitrogens with zero attached hydrogens (tertiary/aromatic N) is 3. The van der Waals surface area contributed by atoms with Crippen LogP contribution in [0.4, 0.5) is 23.8 Å². The smallest absolute Gasteiger partial charge is 0.417 e. The summed E-state index contributed by atoms with van der Waals surface area (Å²) in [6.07, 6.45) is -2.58. The van der Waals surface area contributed by atoms with Crippen molar-refractivity contribution < 1.29 is 27.5 Å². The predicted molar refractivity (Wildman–Crippen MR) is 114 cm³/mol. The Balaban J connectivity index is 2.12. The Morgan fingerprint density at radius 2 is 1.84 bits per heavy atom. The minimum atomic E-state index is -4.53. The second-order valence-corrected chi connectivity index (χ2v) is 8.52. The molecule has 1 saturated heterocycles. The second-order valence-electron chi connectivity index (χ2n) is 8.11. The lowest BCUT2D eigenvalue weighted by Crippen LogP contribution is -2.52. The van der Waals surface area contributed by atoms with E-state index in [1.165, 1.54) is 6.08 Å². The summed E-state index contributed by atoms with van der Waals surface area (Å²) in [6, 6.07) is 0.365. The van der Waals surface area contributed by atoms with Crippen LogP contribution in [0, 0.1) is 0 Å². The van der Waals surface area contributed by atoms with E-state index in [2.05, 4.69) is 15.6 Å². The maximum absolute atomic E-state index is 12.8. The van der Waals surface area contributed by atoms with Crippen LogP contribution < -0.4 is 15.5 Å². The molecule has 1 aromatic heterocycles. The number of alkyl halides is 3. The van der Waals surface area contributed by atoms with Gasteiger partial charge in [-0.25, -0.2) is 14.6 Å². The molecule has 1 aliphatic rings. The van der Waals surface area contributed by atoms with E-state index in [-0.39, 0.29) is 23.3 Å². The fraction of sp³-hybridized carbons (Fsp3) is 0.550. The number of urea groups is 1. The van der Waals surface area contributed by atoms with Gasteiger partial charge in [-0.1, -0.05) is 11.6 Å². The molecule has 2 amide bonds. The number of aromatic nitrogens is 1. The maximum atomic E-state index is 12.8. The van der Waals surface area contributed by atoms with Gasteiger partial charge in [-0.3, -0.25) is 5.32 Å². The molecule has 2 rings (SSSR count). The second kappa shape index (κ2) is 10.3. The number of pyridine rings is 1. The lowest BCUT2D eigenvalue weighted by Gasteiger charge is -2.38. The van der Waals surface area contributed by atoms with E-state index >= 15 is 0 Å². The molecule has 8 nitrogen and oxygen atoms in total. The zero-order chi connectivity index (χ0) is 24.1. The summed E-state index contributed by atoms with van der Waals surface area (Å²) in [5.74, 6) is -0.0987. The Labute approximate surface area is 189 Å². The third kappa shape index (κ3) is 7.47. The van der Waals surface area contributed by atoms with Crippen molar-refractivity contribution in [3.05, 3.63) is 34.7 Å². The largest absolute Gasteiger partial charge is 0.463 e. The standard InChI is InChI=1S/C20H27ClF3N5O3/c1-5-32-16(30)11-15(26-18(31)27-19(2,3)4)28-6-8-29(9-7-28)17-14(21)10-13(12-25-17)20(22,23)24/h10-12H,5-9H2,1-4H3,(H2,26,27,31). The number of piperazine rings is 1. The fourth-order valence-corrected chi connectivity index (χ4v) is 3.25. The van der Waals surface area contributed by atoms with Crippen molar-refractivity contribution in [2.45, 2.75) is 39.4 Å². The van der Waals surface area contributed by atoms with Gasteiger partial charge in [-0.15, -0.1) is 0 Å².